The molecule has 0 radical (unpaired) electrons. The fourth-order valence-corrected chi connectivity index (χ4v) is 3.74. The lowest BCUT2D eigenvalue weighted by Crippen LogP contribution is -2.24. The van der Waals surface area contributed by atoms with Gasteiger partial charge in [0.25, 0.3) is 0 Å². The molecule has 1 aliphatic heterocycles. The van der Waals surface area contributed by atoms with E-state index in [0.29, 0.717) is 22.9 Å². The minimum atomic E-state index is -0.317. The summed E-state index contributed by atoms with van der Waals surface area (Å²) in [5.74, 6) is 0.227. The molecule has 0 amide bonds. The van der Waals surface area contributed by atoms with Crippen LogP contribution in [0.15, 0.2) is 36.4 Å². The van der Waals surface area contributed by atoms with Gasteiger partial charge in [-0.05, 0) is 67.2 Å². The Morgan fingerprint density at radius 1 is 1.32 bits per heavy atom. The Bertz CT molecular complexity index is 824. The molecule has 1 unspecified atom stereocenters. The van der Waals surface area contributed by atoms with Crippen molar-refractivity contribution in [1.82, 2.24) is 0 Å². The number of rotatable bonds is 4. The number of allylic oxidation sites excluding steroid dienone is 1. The van der Waals surface area contributed by atoms with Crippen LogP contribution in [0.1, 0.15) is 37.0 Å². The van der Waals surface area contributed by atoms with Crippen LogP contribution < -0.4 is 5.32 Å². The fourth-order valence-electron chi connectivity index (χ4n) is 3.43. The van der Waals surface area contributed by atoms with Crippen LogP contribution in [0.25, 0.3) is 11.6 Å². The van der Waals surface area contributed by atoms with Crippen molar-refractivity contribution in [1.29, 1.82) is 0 Å². The smallest absolute Gasteiger partial charge is 0.132 e. The van der Waals surface area contributed by atoms with Crippen molar-refractivity contribution < 1.29 is 9.18 Å². The van der Waals surface area contributed by atoms with Crippen molar-refractivity contribution in [2.24, 2.45) is 5.92 Å². The van der Waals surface area contributed by atoms with Crippen molar-refractivity contribution in [3.8, 4) is 0 Å². The molecular formula is C21H21ClFNO. The van der Waals surface area contributed by atoms with Crippen molar-refractivity contribution in [2.75, 3.05) is 11.9 Å². The number of Topliss-reactive ketones (excluding diaryl/α,β-unsaturated/α-hetero) is 1. The highest BCUT2D eigenvalue weighted by atomic mass is 35.5. The average molecular weight is 358 g/mol. The minimum Gasteiger partial charge on any atom is -0.385 e. The second kappa shape index (κ2) is 7.40. The molecule has 130 valence electrons. The van der Waals surface area contributed by atoms with Crippen LogP contribution in [0.2, 0.25) is 5.02 Å². The Balaban J connectivity index is 1.88. The number of hydrogen-bond donors (Lipinski definition) is 1. The first kappa shape index (κ1) is 17.7. The average Bonchev–Trinajstić information content (AvgIpc) is 2.53. The maximum absolute atomic E-state index is 14.1. The third-order valence-corrected chi connectivity index (χ3v) is 4.85. The van der Waals surface area contributed by atoms with Crippen LogP contribution in [0.5, 0.6) is 0 Å². The molecule has 2 nitrogen and oxygen atoms in total. The van der Waals surface area contributed by atoms with E-state index in [1.165, 1.54) is 11.6 Å². The highest BCUT2D eigenvalue weighted by Gasteiger charge is 2.19. The van der Waals surface area contributed by atoms with E-state index < -0.39 is 0 Å². The lowest BCUT2D eigenvalue weighted by molar-refractivity contribution is -0.117. The standard InChI is InChI=1S/C21H21ClFNO/c1-13(21-18(22)4-3-5-19(21)23)8-15-6-7-20-17(10-15)11-16(12-24-20)9-14(2)25/h3-8,10,16,24H,9,11-12H2,1-2H3/b13-8+. The van der Waals surface area contributed by atoms with Crippen molar-refractivity contribution >= 4 is 34.7 Å². The van der Waals surface area contributed by atoms with Gasteiger partial charge in [-0.3, -0.25) is 0 Å². The summed E-state index contributed by atoms with van der Waals surface area (Å²) in [7, 11) is 0. The zero-order chi connectivity index (χ0) is 18.0. The topological polar surface area (TPSA) is 29.1 Å². The molecule has 3 rings (SSSR count). The molecular weight excluding hydrogens is 337 g/mol. The molecule has 0 aliphatic carbocycles. The second-order valence-electron chi connectivity index (χ2n) is 6.70. The first-order valence-electron chi connectivity index (χ1n) is 8.43. The highest BCUT2D eigenvalue weighted by molar-refractivity contribution is 6.32. The van der Waals surface area contributed by atoms with Gasteiger partial charge in [0.2, 0.25) is 0 Å². The van der Waals surface area contributed by atoms with Crippen molar-refractivity contribution in [3.63, 3.8) is 0 Å². The Kier molecular flexibility index (Phi) is 5.24. The summed E-state index contributed by atoms with van der Waals surface area (Å²) >= 11 is 6.15. The van der Waals surface area contributed by atoms with E-state index in [9.17, 15) is 9.18 Å². The zero-order valence-corrected chi connectivity index (χ0v) is 15.2. The number of hydrogen-bond acceptors (Lipinski definition) is 2. The number of ketones is 1. The van der Waals surface area contributed by atoms with Gasteiger partial charge in [-0.15, -0.1) is 0 Å². The van der Waals surface area contributed by atoms with Gasteiger partial charge in [-0.25, -0.2) is 4.39 Å². The highest BCUT2D eigenvalue weighted by Crippen LogP contribution is 2.31. The molecule has 0 bridgehead atoms. The molecule has 1 atom stereocenters. The minimum absolute atomic E-state index is 0.219. The summed E-state index contributed by atoms with van der Waals surface area (Å²) < 4.78 is 14.1. The molecule has 0 saturated carbocycles. The Labute approximate surface area is 152 Å². The Morgan fingerprint density at radius 2 is 2.12 bits per heavy atom. The SMILES string of the molecule is CC(=O)CC1CNc2ccc(/C=C(\C)c3c(F)cccc3Cl)cc2C1. The van der Waals surface area contributed by atoms with Crippen LogP contribution >= 0.6 is 11.6 Å². The van der Waals surface area contributed by atoms with Crippen LogP contribution in [0.3, 0.4) is 0 Å². The Morgan fingerprint density at radius 3 is 2.84 bits per heavy atom. The van der Waals surface area contributed by atoms with E-state index in [-0.39, 0.29) is 11.6 Å². The van der Waals surface area contributed by atoms with E-state index in [1.54, 1.807) is 19.1 Å². The van der Waals surface area contributed by atoms with Crippen LogP contribution in [-0.4, -0.2) is 12.3 Å². The van der Waals surface area contributed by atoms with Crippen molar-refractivity contribution in [3.05, 3.63) is 63.9 Å². The molecule has 2 aromatic carbocycles. The molecule has 0 fully saturated rings. The van der Waals surface area contributed by atoms with Crippen molar-refractivity contribution in [2.45, 2.75) is 26.7 Å². The molecule has 2 aromatic rings. The second-order valence-corrected chi connectivity index (χ2v) is 7.10. The number of carbonyl (C=O) groups is 1. The number of carbonyl (C=O) groups excluding carboxylic acids is 1. The summed E-state index contributed by atoms with van der Waals surface area (Å²) in [6.07, 6.45) is 3.42. The number of fused-ring (bicyclic) bond motifs is 1. The van der Waals surface area contributed by atoms with Gasteiger partial charge in [-0.1, -0.05) is 29.8 Å². The molecule has 0 saturated heterocycles. The maximum Gasteiger partial charge on any atom is 0.132 e. The number of anilines is 1. The number of halogens is 2. The predicted molar refractivity (Wildman–Crippen MR) is 102 cm³/mol. The molecule has 0 spiro atoms. The van der Waals surface area contributed by atoms with E-state index in [0.717, 1.165) is 29.8 Å². The molecule has 4 heteroatoms. The number of nitrogens with one attached hydrogen (secondary N) is 1. The third-order valence-electron chi connectivity index (χ3n) is 4.54. The fraction of sp³-hybridized carbons (Fsp3) is 0.286. The normalized spacial score (nSPS) is 17.0. The lowest BCUT2D eigenvalue weighted by atomic mass is 9.89. The predicted octanol–water partition coefficient (Wildman–Crippen LogP) is 5.60. The molecule has 25 heavy (non-hydrogen) atoms. The molecule has 1 aliphatic rings. The maximum atomic E-state index is 14.1. The van der Waals surface area contributed by atoms with E-state index in [1.807, 2.05) is 25.1 Å². The first-order chi connectivity index (χ1) is 11.9. The summed E-state index contributed by atoms with van der Waals surface area (Å²) in [5, 5.41) is 3.81. The third kappa shape index (κ3) is 4.10. The van der Waals surface area contributed by atoms with Crippen LogP contribution in [0, 0.1) is 11.7 Å². The molecule has 1 heterocycles. The quantitative estimate of drug-likeness (QED) is 0.721. The van der Waals surface area contributed by atoms with E-state index in [2.05, 4.69) is 11.4 Å². The van der Waals surface area contributed by atoms with Gasteiger partial charge in [-0.2, -0.15) is 0 Å². The first-order valence-corrected chi connectivity index (χ1v) is 8.80. The van der Waals surface area contributed by atoms with Gasteiger partial charge in [0.05, 0.1) is 5.02 Å². The van der Waals surface area contributed by atoms with Gasteiger partial charge in [0.1, 0.15) is 11.6 Å². The van der Waals surface area contributed by atoms with E-state index >= 15 is 0 Å². The summed E-state index contributed by atoms with van der Waals surface area (Å²) in [5.41, 5.74) is 4.53. The van der Waals surface area contributed by atoms with Crippen LogP contribution in [-0.2, 0) is 11.2 Å². The Hall–Kier alpha value is -2.13. The van der Waals surface area contributed by atoms with E-state index in [4.69, 9.17) is 11.6 Å². The summed E-state index contributed by atoms with van der Waals surface area (Å²) in [6.45, 7) is 4.32. The molecule has 0 aromatic heterocycles. The monoisotopic (exact) mass is 357 g/mol. The summed E-state index contributed by atoms with van der Waals surface area (Å²) in [4.78, 5) is 11.4. The van der Waals surface area contributed by atoms with Crippen LogP contribution in [0.4, 0.5) is 10.1 Å². The largest absolute Gasteiger partial charge is 0.385 e. The van der Waals surface area contributed by atoms with Gasteiger partial charge < -0.3 is 10.1 Å². The van der Waals surface area contributed by atoms with Gasteiger partial charge in [0, 0.05) is 24.2 Å². The lowest BCUT2D eigenvalue weighted by Gasteiger charge is -2.26. The summed E-state index contributed by atoms with van der Waals surface area (Å²) in [6, 6.07) is 10.9. The van der Waals surface area contributed by atoms with Gasteiger partial charge in [0.15, 0.2) is 0 Å². The molecule has 1 N–H and O–H groups in total. The zero-order valence-electron chi connectivity index (χ0n) is 14.4. The van der Waals surface area contributed by atoms with Gasteiger partial charge >= 0.3 is 0 Å². The number of benzene rings is 2.